The number of nitrogens with zero attached hydrogens (tertiary/aromatic N) is 2. The van der Waals surface area contributed by atoms with Gasteiger partial charge in [-0.15, -0.1) is 0 Å². The predicted molar refractivity (Wildman–Crippen MR) is 94.0 cm³/mol. The van der Waals surface area contributed by atoms with E-state index >= 15 is 0 Å². The first-order valence-electron chi connectivity index (χ1n) is 9.09. The van der Waals surface area contributed by atoms with Gasteiger partial charge in [-0.3, -0.25) is 4.99 Å². The first kappa shape index (κ1) is 16.8. The minimum absolute atomic E-state index is 0.140. The van der Waals surface area contributed by atoms with E-state index in [4.69, 9.17) is 9.47 Å². The van der Waals surface area contributed by atoms with Gasteiger partial charge in [0.2, 0.25) is 0 Å². The van der Waals surface area contributed by atoms with Crippen LogP contribution >= 0.6 is 0 Å². The molecule has 3 aliphatic rings. The summed E-state index contributed by atoms with van der Waals surface area (Å²) < 4.78 is 24.7. The Hall–Kier alpha value is -1.66. The maximum absolute atomic E-state index is 13.1. The Morgan fingerprint density at radius 1 is 1.28 bits per heavy atom. The monoisotopic (exact) mass is 347 g/mol. The van der Waals surface area contributed by atoms with Crippen LogP contribution in [-0.2, 0) is 9.47 Å². The van der Waals surface area contributed by atoms with Gasteiger partial charge >= 0.3 is 0 Å². The molecular weight excluding hydrogens is 321 g/mol. The Balaban J connectivity index is 1.37. The smallest absolute Gasteiger partial charge is 0.193 e. The number of hydrogen-bond acceptors (Lipinski definition) is 3. The van der Waals surface area contributed by atoms with Crippen LogP contribution in [0.3, 0.4) is 0 Å². The van der Waals surface area contributed by atoms with Crippen molar-refractivity contribution >= 4 is 5.96 Å². The van der Waals surface area contributed by atoms with Crippen molar-refractivity contribution in [1.29, 1.82) is 0 Å². The molecule has 0 saturated carbocycles. The molecule has 1 N–H and O–H groups in total. The number of benzene rings is 1. The second kappa shape index (κ2) is 6.92. The van der Waals surface area contributed by atoms with Crippen molar-refractivity contribution in [2.24, 2.45) is 16.8 Å². The van der Waals surface area contributed by atoms with E-state index in [9.17, 15) is 4.39 Å². The number of halogens is 1. The highest BCUT2D eigenvalue weighted by Gasteiger charge is 2.53. The average molecular weight is 347 g/mol. The van der Waals surface area contributed by atoms with Gasteiger partial charge in [0, 0.05) is 45.6 Å². The van der Waals surface area contributed by atoms with Crippen molar-refractivity contribution in [3.8, 4) is 0 Å². The molecule has 1 aromatic rings. The van der Waals surface area contributed by atoms with Crippen LogP contribution in [0.25, 0.3) is 0 Å². The Kier molecular flexibility index (Phi) is 4.65. The molecular formula is C19H26FN3O2. The van der Waals surface area contributed by atoms with Crippen molar-refractivity contribution in [1.82, 2.24) is 10.2 Å². The number of methoxy groups -OCH3 is 1. The molecule has 6 heteroatoms. The Morgan fingerprint density at radius 3 is 2.48 bits per heavy atom. The zero-order valence-electron chi connectivity index (χ0n) is 14.8. The summed E-state index contributed by atoms with van der Waals surface area (Å²) in [6.07, 6.45) is 3.18. The molecule has 3 aliphatic heterocycles. The van der Waals surface area contributed by atoms with Crippen LogP contribution in [0.15, 0.2) is 29.3 Å². The van der Waals surface area contributed by atoms with E-state index < -0.39 is 0 Å². The van der Waals surface area contributed by atoms with Crippen LogP contribution in [0, 0.1) is 17.7 Å². The van der Waals surface area contributed by atoms with Gasteiger partial charge in [0.15, 0.2) is 5.96 Å². The van der Waals surface area contributed by atoms with Gasteiger partial charge in [-0.25, -0.2) is 4.39 Å². The van der Waals surface area contributed by atoms with Gasteiger partial charge in [-0.2, -0.15) is 0 Å². The Bertz CT molecular complexity index is 618. The van der Waals surface area contributed by atoms with Gasteiger partial charge in [0.1, 0.15) is 5.82 Å². The summed E-state index contributed by atoms with van der Waals surface area (Å²) in [5, 5.41) is 3.43. The summed E-state index contributed by atoms with van der Waals surface area (Å²) >= 11 is 0. The summed E-state index contributed by atoms with van der Waals surface area (Å²) in [7, 11) is 3.50. The molecule has 3 heterocycles. The van der Waals surface area contributed by atoms with Crippen molar-refractivity contribution < 1.29 is 13.9 Å². The minimum Gasteiger partial charge on any atom is -0.375 e. The topological polar surface area (TPSA) is 46.1 Å². The van der Waals surface area contributed by atoms with Crippen LogP contribution in [-0.4, -0.2) is 56.9 Å². The summed E-state index contributed by atoms with van der Waals surface area (Å²) in [6, 6.07) is 6.47. The molecule has 136 valence electrons. The molecule has 5 unspecified atom stereocenters. The zero-order chi connectivity index (χ0) is 17.4. The highest BCUT2D eigenvalue weighted by molar-refractivity contribution is 5.80. The van der Waals surface area contributed by atoms with E-state index in [2.05, 4.69) is 15.2 Å². The number of nitrogens with one attached hydrogen (secondary N) is 1. The lowest BCUT2D eigenvalue weighted by Crippen LogP contribution is -2.43. The third-order valence-electron chi connectivity index (χ3n) is 5.94. The van der Waals surface area contributed by atoms with E-state index in [1.165, 1.54) is 25.0 Å². The SMILES string of the molecule is CN=C(NCC(OC)c1ccc(F)cc1)N1CC2C3CCC(O3)C2C1. The van der Waals surface area contributed by atoms with Crippen LogP contribution in [0.4, 0.5) is 4.39 Å². The summed E-state index contributed by atoms with van der Waals surface area (Å²) in [5.41, 5.74) is 0.955. The van der Waals surface area contributed by atoms with Crippen LogP contribution < -0.4 is 5.32 Å². The van der Waals surface area contributed by atoms with Crippen molar-refractivity contribution in [3.63, 3.8) is 0 Å². The second-order valence-corrected chi connectivity index (χ2v) is 7.23. The van der Waals surface area contributed by atoms with E-state index in [1.54, 1.807) is 19.2 Å². The van der Waals surface area contributed by atoms with E-state index in [0.717, 1.165) is 24.6 Å². The average Bonchev–Trinajstić information content (AvgIpc) is 3.33. The Morgan fingerprint density at radius 2 is 1.92 bits per heavy atom. The third-order valence-corrected chi connectivity index (χ3v) is 5.94. The standard InChI is InChI=1S/C19H26FN3O2/c1-21-19(22-9-18(24-2)12-3-5-13(20)6-4-12)23-10-14-15(11-23)17-8-7-16(14)25-17/h3-6,14-18H,7-11H2,1-2H3,(H,21,22). The fourth-order valence-corrected chi connectivity index (χ4v) is 4.66. The number of guanidine groups is 1. The second-order valence-electron chi connectivity index (χ2n) is 7.23. The molecule has 3 saturated heterocycles. The molecule has 4 rings (SSSR count). The lowest BCUT2D eigenvalue weighted by Gasteiger charge is -2.25. The summed E-state index contributed by atoms with van der Waals surface area (Å²) in [6.45, 7) is 2.63. The quantitative estimate of drug-likeness (QED) is 0.670. The van der Waals surface area contributed by atoms with E-state index in [1.807, 2.05) is 7.05 Å². The predicted octanol–water partition coefficient (Wildman–Crippen LogP) is 2.20. The lowest BCUT2D eigenvalue weighted by molar-refractivity contribution is 0.0763. The molecule has 5 atom stereocenters. The number of ether oxygens (including phenoxy) is 2. The molecule has 5 nitrogen and oxygen atoms in total. The van der Waals surface area contributed by atoms with E-state index in [0.29, 0.717) is 30.6 Å². The molecule has 0 aromatic heterocycles. The molecule has 0 spiro atoms. The largest absolute Gasteiger partial charge is 0.375 e. The molecule has 0 radical (unpaired) electrons. The molecule has 0 amide bonds. The van der Waals surface area contributed by atoms with Gasteiger partial charge in [0.05, 0.1) is 18.3 Å². The van der Waals surface area contributed by atoms with Crippen LogP contribution in [0.5, 0.6) is 0 Å². The minimum atomic E-state index is -0.233. The van der Waals surface area contributed by atoms with E-state index in [-0.39, 0.29) is 11.9 Å². The van der Waals surface area contributed by atoms with Gasteiger partial charge in [-0.1, -0.05) is 12.1 Å². The number of hydrogen-bond donors (Lipinski definition) is 1. The van der Waals surface area contributed by atoms with Crippen molar-refractivity contribution in [3.05, 3.63) is 35.6 Å². The van der Waals surface area contributed by atoms with Gasteiger partial charge < -0.3 is 19.7 Å². The molecule has 25 heavy (non-hydrogen) atoms. The maximum Gasteiger partial charge on any atom is 0.193 e. The third kappa shape index (κ3) is 3.13. The Labute approximate surface area is 148 Å². The van der Waals surface area contributed by atoms with Gasteiger partial charge in [0.25, 0.3) is 0 Å². The normalized spacial score (nSPS) is 32.1. The molecule has 3 fully saturated rings. The molecule has 0 aliphatic carbocycles. The summed E-state index contributed by atoms with van der Waals surface area (Å²) in [5.74, 6) is 1.97. The highest BCUT2D eigenvalue weighted by atomic mass is 19.1. The van der Waals surface area contributed by atoms with Gasteiger partial charge in [-0.05, 0) is 30.5 Å². The summed E-state index contributed by atoms with van der Waals surface area (Å²) in [4.78, 5) is 6.80. The molecule has 2 bridgehead atoms. The highest BCUT2D eigenvalue weighted by Crippen LogP contribution is 2.47. The number of rotatable bonds is 4. The number of likely N-dealkylation sites (tertiary alicyclic amines) is 1. The zero-order valence-corrected chi connectivity index (χ0v) is 14.8. The fraction of sp³-hybridized carbons (Fsp3) is 0.632. The fourth-order valence-electron chi connectivity index (χ4n) is 4.66. The maximum atomic E-state index is 13.1. The first-order chi connectivity index (χ1) is 12.2. The first-order valence-corrected chi connectivity index (χ1v) is 9.09. The molecule has 1 aromatic carbocycles. The van der Waals surface area contributed by atoms with Crippen LogP contribution in [0.2, 0.25) is 0 Å². The van der Waals surface area contributed by atoms with Crippen molar-refractivity contribution in [2.45, 2.75) is 31.2 Å². The lowest BCUT2D eigenvalue weighted by atomic mass is 9.82. The van der Waals surface area contributed by atoms with Crippen molar-refractivity contribution in [2.75, 3.05) is 33.8 Å². The number of fused-ring (bicyclic) bond motifs is 5. The van der Waals surface area contributed by atoms with Crippen LogP contribution in [0.1, 0.15) is 24.5 Å². The number of aliphatic imine (C=N–C) groups is 1.